The fourth-order valence-corrected chi connectivity index (χ4v) is 4.03. The van der Waals surface area contributed by atoms with Crippen LogP contribution in [0, 0.1) is 0 Å². The van der Waals surface area contributed by atoms with Crippen LogP contribution in [0.1, 0.15) is 19.4 Å². The van der Waals surface area contributed by atoms with Crippen molar-refractivity contribution in [2.75, 3.05) is 13.2 Å². The van der Waals surface area contributed by atoms with E-state index in [9.17, 15) is 0 Å². The third-order valence-electron chi connectivity index (χ3n) is 2.08. The lowest BCUT2D eigenvalue weighted by Gasteiger charge is -2.22. The number of rotatable bonds is 7. The van der Waals surface area contributed by atoms with Crippen LogP contribution in [-0.2, 0) is 25.4 Å². The first-order chi connectivity index (χ1) is 9.45. The van der Waals surface area contributed by atoms with E-state index in [4.69, 9.17) is 60.2 Å². The summed E-state index contributed by atoms with van der Waals surface area (Å²) in [4.78, 5) is 0. The summed E-state index contributed by atoms with van der Waals surface area (Å²) >= 11 is 23.2. The zero-order valence-electron chi connectivity index (χ0n) is 10.9. The Morgan fingerprint density at radius 3 is 2.35 bits per heavy atom. The van der Waals surface area contributed by atoms with Gasteiger partial charge in [-0.25, -0.2) is 0 Å². The molecule has 0 aromatic heterocycles. The molecule has 0 bridgehead atoms. The van der Waals surface area contributed by atoms with Crippen molar-refractivity contribution >= 4 is 59.1 Å². The first kappa shape index (κ1) is 18.2. The summed E-state index contributed by atoms with van der Waals surface area (Å²) in [7, 11) is 0. The van der Waals surface area contributed by atoms with Gasteiger partial charge >= 0.3 is 6.72 Å². The van der Waals surface area contributed by atoms with Crippen LogP contribution < -0.4 is 0 Å². The molecule has 0 spiro atoms. The number of hydrogen-bond donors (Lipinski definition) is 0. The molecule has 0 atom stereocenters. The van der Waals surface area contributed by atoms with E-state index in [0.717, 1.165) is 0 Å². The third-order valence-corrected chi connectivity index (χ3v) is 5.27. The minimum absolute atomic E-state index is 0.268. The maximum Gasteiger partial charge on any atom is 0.380 e. The average Bonchev–Trinajstić information content (AvgIpc) is 2.40. The van der Waals surface area contributed by atoms with Gasteiger partial charge in [-0.15, -0.1) is 0 Å². The summed E-state index contributed by atoms with van der Waals surface area (Å²) in [5.74, 6) is 0.268. The lowest BCUT2D eigenvalue weighted by atomic mass is 10.2. The molecule has 0 aliphatic heterocycles. The van der Waals surface area contributed by atoms with E-state index in [2.05, 4.69) is 0 Å². The first-order valence-corrected chi connectivity index (χ1v) is 9.55. The predicted molar refractivity (Wildman–Crippen MR) is 88.9 cm³/mol. The van der Waals surface area contributed by atoms with Crippen molar-refractivity contribution in [2.45, 2.75) is 13.8 Å². The van der Waals surface area contributed by atoms with E-state index >= 15 is 0 Å². The Balaban J connectivity index is 3.08. The van der Waals surface area contributed by atoms with Crippen LogP contribution in [0.15, 0.2) is 23.7 Å². The van der Waals surface area contributed by atoms with Gasteiger partial charge < -0.3 is 4.52 Å². The van der Waals surface area contributed by atoms with Crippen molar-refractivity contribution in [3.63, 3.8) is 0 Å². The van der Waals surface area contributed by atoms with Crippen LogP contribution in [0.25, 0.3) is 5.76 Å². The van der Waals surface area contributed by atoms with Crippen molar-refractivity contribution in [1.29, 1.82) is 0 Å². The predicted octanol–water partition coefficient (Wildman–Crippen LogP) is 5.84. The second-order valence-electron chi connectivity index (χ2n) is 3.47. The monoisotopic (exact) mass is 374 g/mol. The second kappa shape index (κ2) is 8.60. The van der Waals surface area contributed by atoms with Gasteiger partial charge in [0, 0.05) is 27.9 Å². The molecule has 20 heavy (non-hydrogen) atoms. The van der Waals surface area contributed by atoms with Gasteiger partial charge in [-0.1, -0.05) is 34.8 Å². The van der Waals surface area contributed by atoms with Gasteiger partial charge in [-0.3, -0.25) is 9.05 Å². The van der Waals surface area contributed by atoms with Crippen molar-refractivity contribution in [3.8, 4) is 0 Å². The van der Waals surface area contributed by atoms with Gasteiger partial charge in [0.15, 0.2) is 0 Å². The normalized spacial score (nSPS) is 12.6. The topological polar surface area (TPSA) is 27.7 Å². The van der Waals surface area contributed by atoms with Crippen LogP contribution in [0.5, 0.6) is 0 Å². The Labute approximate surface area is 139 Å². The van der Waals surface area contributed by atoms with Crippen LogP contribution in [-0.4, -0.2) is 13.2 Å². The molecule has 1 rings (SSSR count). The highest BCUT2D eigenvalue weighted by molar-refractivity contribution is 8.07. The summed E-state index contributed by atoms with van der Waals surface area (Å²) in [6.07, 6.45) is 0. The smallest absolute Gasteiger partial charge is 0.380 e. The summed E-state index contributed by atoms with van der Waals surface area (Å²) in [6, 6.07) is 4.95. The van der Waals surface area contributed by atoms with Crippen LogP contribution in [0.2, 0.25) is 10.0 Å². The van der Waals surface area contributed by atoms with Crippen LogP contribution in [0.3, 0.4) is 0 Å². The lowest BCUT2D eigenvalue weighted by molar-refractivity contribution is 0.210. The molecule has 8 heteroatoms. The van der Waals surface area contributed by atoms with Crippen LogP contribution >= 0.6 is 41.5 Å². The molecule has 3 nitrogen and oxygen atoms in total. The summed E-state index contributed by atoms with van der Waals surface area (Å²) in [6.45, 7) is 1.44. The first-order valence-electron chi connectivity index (χ1n) is 5.80. The largest absolute Gasteiger partial charge is 0.422 e. The molecule has 1 aromatic rings. The molecule has 0 aliphatic rings. The molecule has 0 radical (unpaired) electrons. The van der Waals surface area contributed by atoms with Crippen molar-refractivity contribution in [1.82, 2.24) is 0 Å². The highest BCUT2D eigenvalue weighted by Gasteiger charge is 2.24. The highest BCUT2D eigenvalue weighted by atomic mass is 35.5. The quantitative estimate of drug-likeness (QED) is 0.442. The Hall–Kier alpha value is 0.200. The van der Waals surface area contributed by atoms with Gasteiger partial charge in [0.1, 0.15) is 5.76 Å². The lowest BCUT2D eigenvalue weighted by Crippen LogP contribution is -2.00. The molecule has 0 heterocycles. The molecule has 0 saturated heterocycles. The van der Waals surface area contributed by atoms with E-state index in [1.54, 1.807) is 32.0 Å². The Morgan fingerprint density at radius 1 is 1.25 bits per heavy atom. The van der Waals surface area contributed by atoms with Gasteiger partial charge in [0.2, 0.25) is 0 Å². The third kappa shape index (κ3) is 5.19. The van der Waals surface area contributed by atoms with E-state index in [1.165, 1.54) is 5.54 Å². The molecule has 0 aliphatic carbocycles. The van der Waals surface area contributed by atoms with E-state index < -0.39 is 6.72 Å². The zero-order chi connectivity index (χ0) is 15.2. The van der Waals surface area contributed by atoms with Gasteiger partial charge in [-0.2, -0.15) is 0 Å². The Kier molecular flexibility index (Phi) is 7.84. The molecule has 0 amide bonds. The Morgan fingerprint density at radius 2 is 1.85 bits per heavy atom. The fraction of sp³-hybridized carbons (Fsp3) is 0.333. The van der Waals surface area contributed by atoms with Gasteiger partial charge in [0.25, 0.3) is 0 Å². The maximum absolute atomic E-state index is 6.11. The summed E-state index contributed by atoms with van der Waals surface area (Å²) in [5.41, 5.74) is 1.76. The molecular formula is C12H14Cl3O3PS. The van der Waals surface area contributed by atoms with E-state index in [-0.39, 0.29) is 5.76 Å². The van der Waals surface area contributed by atoms with E-state index in [0.29, 0.717) is 28.8 Å². The highest BCUT2D eigenvalue weighted by Crippen LogP contribution is 2.53. The zero-order valence-corrected chi connectivity index (χ0v) is 14.9. The molecule has 0 saturated carbocycles. The van der Waals surface area contributed by atoms with Crippen LogP contribution in [0.4, 0.5) is 0 Å². The van der Waals surface area contributed by atoms with Crippen molar-refractivity contribution in [3.05, 3.63) is 39.3 Å². The molecule has 112 valence electrons. The molecular weight excluding hydrogens is 362 g/mol. The molecule has 0 unspecified atom stereocenters. The molecule has 1 aromatic carbocycles. The fourth-order valence-electron chi connectivity index (χ4n) is 1.34. The van der Waals surface area contributed by atoms with Gasteiger partial charge in [0.05, 0.1) is 18.2 Å². The minimum atomic E-state index is -2.91. The molecule has 0 N–H and O–H groups in total. The summed E-state index contributed by atoms with van der Waals surface area (Å²) in [5, 5.41) is 0.945. The van der Waals surface area contributed by atoms with Crippen molar-refractivity contribution < 1.29 is 13.6 Å². The standard InChI is InChI=1S/C12H14Cl3O3PS/c1-3-16-19(20,17-4-2)18-12(8-13)10-7-9(14)5-6-11(10)15/h5-8H,3-4H2,1-2H3/b12-8+. The number of benzene rings is 1. The van der Waals surface area contributed by atoms with Gasteiger partial charge in [-0.05, 0) is 32.0 Å². The van der Waals surface area contributed by atoms with E-state index in [1.807, 2.05) is 0 Å². The summed E-state index contributed by atoms with van der Waals surface area (Å²) < 4.78 is 16.5. The SMILES string of the molecule is CCOP(=S)(OCC)O/C(=C/Cl)c1cc(Cl)ccc1Cl. The second-order valence-corrected chi connectivity index (χ2v) is 7.47. The maximum atomic E-state index is 6.11. The number of hydrogen-bond acceptors (Lipinski definition) is 4. The Bertz CT molecular complexity index is 527. The minimum Gasteiger partial charge on any atom is -0.422 e. The van der Waals surface area contributed by atoms with Crippen molar-refractivity contribution in [2.24, 2.45) is 0 Å². The average molecular weight is 376 g/mol. The number of halogens is 3. The molecule has 0 fully saturated rings.